The number of fused-ring (bicyclic) bond motifs is 1. The quantitative estimate of drug-likeness (QED) is 0.430. The van der Waals surface area contributed by atoms with Crippen LogP contribution in [-0.4, -0.2) is 40.7 Å². The minimum Gasteiger partial charge on any atom is -0.497 e. The van der Waals surface area contributed by atoms with Crippen molar-refractivity contribution in [1.82, 2.24) is 5.32 Å². The number of benzene rings is 3. The minimum atomic E-state index is -4.09. The Balaban J connectivity index is 1.66. The van der Waals surface area contributed by atoms with Gasteiger partial charge in [-0.1, -0.05) is 29.8 Å². The van der Waals surface area contributed by atoms with Crippen LogP contribution >= 0.6 is 11.6 Å². The summed E-state index contributed by atoms with van der Waals surface area (Å²) in [5, 5.41) is 3.23. The maximum absolute atomic E-state index is 13.6. The van der Waals surface area contributed by atoms with Crippen molar-refractivity contribution in [1.29, 1.82) is 0 Å². The van der Waals surface area contributed by atoms with Gasteiger partial charge in [0.05, 0.1) is 35.9 Å². The molecule has 1 aliphatic rings. The Hall–Kier alpha value is -3.43. The fourth-order valence-electron chi connectivity index (χ4n) is 4.30. The summed E-state index contributed by atoms with van der Waals surface area (Å²) < 4.78 is 44.9. The van der Waals surface area contributed by atoms with Crippen LogP contribution in [0, 0.1) is 0 Å². The van der Waals surface area contributed by atoms with Crippen LogP contribution in [0.5, 0.6) is 17.2 Å². The number of nitrogens with one attached hydrogen (secondary N) is 1. The third-order valence-electron chi connectivity index (χ3n) is 6.06. The first-order valence-electron chi connectivity index (χ1n) is 11.6. The van der Waals surface area contributed by atoms with E-state index in [1.165, 1.54) is 25.3 Å². The van der Waals surface area contributed by atoms with E-state index in [1.54, 1.807) is 49.6 Å². The van der Waals surface area contributed by atoms with Crippen molar-refractivity contribution in [2.75, 3.05) is 25.1 Å². The number of halogens is 1. The van der Waals surface area contributed by atoms with Gasteiger partial charge in [0.2, 0.25) is 5.91 Å². The van der Waals surface area contributed by atoms with Gasteiger partial charge in [-0.2, -0.15) is 0 Å². The van der Waals surface area contributed by atoms with Crippen molar-refractivity contribution < 1.29 is 27.4 Å². The lowest BCUT2D eigenvalue weighted by atomic mass is 9.89. The molecule has 0 saturated carbocycles. The summed E-state index contributed by atoms with van der Waals surface area (Å²) >= 11 is 6.30. The van der Waals surface area contributed by atoms with Gasteiger partial charge >= 0.3 is 0 Å². The number of methoxy groups -OCH3 is 2. The predicted octanol–water partition coefficient (Wildman–Crippen LogP) is 4.97. The minimum absolute atomic E-state index is 0.0550. The average molecular weight is 545 g/mol. The number of amides is 1. The molecule has 0 aliphatic carbocycles. The monoisotopic (exact) mass is 544 g/mol. The van der Waals surface area contributed by atoms with Gasteiger partial charge in [-0.05, 0) is 56.3 Å². The smallest absolute Gasteiger partial charge is 0.264 e. The Morgan fingerprint density at radius 2 is 1.81 bits per heavy atom. The van der Waals surface area contributed by atoms with Crippen LogP contribution in [-0.2, 0) is 14.8 Å². The highest BCUT2D eigenvalue weighted by Gasteiger charge is 2.36. The second kappa shape index (κ2) is 10.5. The molecule has 0 saturated heterocycles. The molecule has 0 bridgehead atoms. The predicted molar refractivity (Wildman–Crippen MR) is 142 cm³/mol. The fourth-order valence-corrected chi connectivity index (χ4v) is 5.99. The summed E-state index contributed by atoms with van der Waals surface area (Å²) in [5.41, 5.74) is 0.470. The van der Waals surface area contributed by atoms with Gasteiger partial charge in [-0.3, -0.25) is 9.10 Å². The van der Waals surface area contributed by atoms with Crippen LogP contribution < -0.4 is 23.8 Å². The molecule has 196 valence electrons. The molecule has 0 fully saturated rings. The van der Waals surface area contributed by atoms with Gasteiger partial charge in [0, 0.05) is 18.1 Å². The highest BCUT2D eigenvalue weighted by Crippen LogP contribution is 2.41. The number of carbonyl (C=O) groups is 1. The third-order valence-corrected chi connectivity index (χ3v) is 8.14. The Kier molecular flexibility index (Phi) is 7.57. The first-order valence-corrected chi connectivity index (χ1v) is 13.4. The SMILES string of the molecule is COc1ccc2c(c1)OC(C)(C)CC2NC(=O)CN(c1ccc(OC)c(Cl)c1)S(=O)(=O)c1ccccc1. The van der Waals surface area contributed by atoms with Crippen molar-refractivity contribution in [3.8, 4) is 17.2 Å². The van der Waals surface area contributed by atoms with Crippen molar-refractivity contribution in [2.45, 2.75) is 36.8 Å². The van der Waals surface area contributed by atoms with E-state index in [0.717, 1.165) is 9.87 Å². The molecule has 1 N–H and O–H groups in total. The number of carbonyl (C=O) groups excluding carboxylic acids is 1. The van der Waals surface area contributed by atoms with E-state index in [0.29, 0.717) is 23.7 Å². The zero-order valence-electron chi connectivity index (χ0n) is 21.0. The molecule has 37 heavy (non-hydrogen) atoms. The number of sulfonamides is 1. The normalized spacial score (nSPS) is 16.2. The molecule has 8 nitrogen and oxygen atoms in total. The summed E-state index contributed by atoms with van der Waals surface area (Å²) in [6.07, 6.45) is 0.498. The van der Waals surface area contributed by atoms with E-state index in [2.05, 4.69) is 5.32 Å². The van der Waals surface area contributed by atoms with Gasteiger partial charge in [0.1, 0.15) is 29.4 Å². The van der Waals surface area contributed by atoms with Gasteiger partial charge < -0.3 is 19.5 Å². The molecule has 0 spiro atoms. The second-order valence-corrected chi connectivity index (χ2v) is 11.5. The van der Waals surface area contributed by atoms with Gasteiger partial charge in [-0.15, -0.1) is 0 Å². The summed E-state index contributed by atoms with van der Waals surface area (Å²) in [4.78, 5) is 13.4. The first kappa shape index (κ1) is 26.6. The van der Waals surface area contributed by atoms with E-state index in [-0.39, 0.29) is 15.6 Å². The molecule has 1 heterocycles. The van der Waals surface area contributed by atoms with Crippen LogP contribution in [0.4, 0.5) is 5.69 Å². The lowest BCUT2D eigenvalue weighted by Gasteiger charge is -2.38. The Labute approximate surface area is 222 Å². The van der Waals surface area contributed by atoms with E-state index in [9.17, 15) is 13.2 Å². The number of anilines is 1. The summed E-state index contributed by atoms with van der Waals surface area (Å²) in [7, 11) is -1.05. The number of hydrogen-bond acceptors (Lipinski definition) is 6. The van der Waals surface area contributed by atoms with E-state index in [1.807, 2.05) is 19.9 Å². The molecule has 0 aromatic heterocycles. The topological polar surface area (TPSA) is 94.2 Å². The lowest BCUT2D eigenvalue weighted by Crippen LogP contribution is -2.45. The fraction of sp³-hybridized carbons (Fsp3) is 0.296. The summed E-state index contributed by atoms with van der Waals surface area (Å²) in [6, 6.07) is 17.5. The first-order chi connectivity index (χ1) is 17.5. The van der Waals surface area contributed by atoms with Gasteiger partial charge in [0.15, 0.2) is 0 Å². The van der Waals surface area contributed by atoms with Crippen LogP contribution in [0.1, 0.15) is 31.9 Å². The Morgan fingerprint density at radius 1 is 1.08 bits per heavy atom. The molecule has 1 unspecified atom stereocenters. The van der Waals surface area contributed by atoms with Crippen molar-refractivity contribution in [2.24, 2.45) is 0 Å². The van der Waals surface area contributed by atoms with Crippen molar-refractivity contribution in [3.63, 3.8) is 0 Å². The molecule has 0 radical (unpaired) electrons. The summed E-state index contributed by atoms with van der Waals surface area (Å²) in [5.74, 6) is 1.16. The Bertz CT molecular complexity index is 1400. The van der Waals surface area contributed by atoms with Crippen LogP contribution in [0.2, 0.25) is 5.02 Å². The molecule has 3 aromatic carbocycles. The lowest BCUT2D eigenvalue weighted by molar-refractivity contribution is -0.120. The number of nitrogens with zero attached hydrogens (tertiary/aromatic N) is 1. The zero-order chi connectivity index (χ0) is 26.8. The number of hydrogen-bond donors (Lipinski definition) is 1. The van der Waals surface area contributed by atoms with Crippen LogP contribution in [0.25, 0.3) is 0 Å². The second-order valence-electron chi connectivity index (χ2n) is 9.23. The maximum atomic E-state index is 13.6. The molecular weight excluding hydrogens is 516 g/mol. The van der Waals surface area contributed by atoms with Crippen molar-refractivity contribution >= 4 is 33.2 Å². The maximum Gasteiger partial charge on any atom is 0.264 e. The number of rotatable bonds is 8. The van der Waals surface area contributed by atoms with Crippen LogP contribution in [0.3, 0.4) is 0 Å². The standard InChI is InChI=1S/C27H29ClN2O6S/c1-27(2)16-23(21-12-11-19(34-3)15-25(21)36-27)29-26(31)17-30(18-10-13-24(35-4)22(28)14-18)37(32,33)20-8-6-5-7-9-20/h5-15,23H,16-17H2,1-4H3,(H,29,31). The molecule has 1 amide bonds. The van der Waals surface area contributed by atoms with E-state index < -0.39 is 34.1 Å². The highest BCUT2D eigenvalue weighted by atomic mass is 35.5. The average Bonchev–Trinajstić information content (AvgIpc) is 2.86. The molecule has 1 atom stereocenters. The largest absolute Gasteiger partial charge is 0.497 e. The Morgan fingerprint density at radius 3 is 2.46 bits per heavy atom. The molecule has 3 aromatic rings. The molecule has 4 rings (SSSR count). The third kappa shape index (κ3) is 5.78. The van der Waals surface area contributed by atoms with E-state index in [4.69, 9.17) is 25.8 Å². The molecular formula is C27H29ClN2O6S. The zero-order valence-corrected chi connectivity index (χ0v) is 22.6. The molecule has 1 aliphatic heterocycles. The van der Waals surface area contributed by atoms with Gasteiger partial charge in [-0.25, -0.2) is 8.42 Å². The number of ether oxygens (including phenoxy) is 3. The van der Waals surface area contributed by atoms with Crippen molar-refractivity contribution in [3.05, 3.63) is 77.3 Å². The van der Waals surface area contributed by atoms with E-state index >= 15 is 0 Å². The molecule has 10 heteroatoms. The highest BCUT2D eigenvalue weighted by molar-refractivity contribution is 7.92. The summed E-state index contributed by atoms with van der Waals surface area (Å²) in [6.45, 7) is 3.41. The van der Waals surface area contributed by atoms with Crippen LogP contribution in [0.15, 0.2) is 71.6 Å². The van der Waals surface area contributed by atoms with Gasteiger partial charge in [0.25, 0.3) is 10.0 Å².